The predicted molar refractivity (Wildman–Crippen MR) is 113 cm³/mol. The summed E-state index contributed by atoms with van der Waals surface area (Å²) in [6, 6.07) is 3.34. The second-order valence-electron chi connectivity index (χ2n) is 7.30. The van der Waals surface area contributed by atoms with Gasteiger partial charge in [-0.1, -0.05) is 0 Å². The third-order valence-corrected chi connectivity index (χ3v) is 5.23. The number of hydrogen-bond donors (Lipinski definition) is 4. The van der Waals surface area contributed by atoms with Crippen LogP contribution in [0, 0.1) is 13.8 Å². The molecule has 2 heterocycles. The maximum absolute atomic E-state index is 12.3. The van der Waals surface area contributed by atoms with E-state index in [4.69, 9.17) is 5.11 Å². The first-order valence-electron chi connectivity index (χ1n) is 9.84. The van der Waals surface area contributed by atoms with E-state index in [1.807, 2.05) is 30.5 Å². The fourth-order valence-corrected chi connectivity index (χ4v) is 3.41. The van der Waals surface area contributed by atoms with Gasteiger partial charge in [-0.05, 0) is 63.5 Å². The Morgan fingerprint density at radius 1 is 1.20 bits per heavy atom. The molecular weight excluding hydrogens is 388 g/mol. The average Bonchev–Trinajstić information content (AvgIpc) is 2.68. The van der Waals surface area contributed by atoms with Crippen LogP contribution in [0.5, 0.6) is 0 Å². The van der Waals surface area contributed by atoms with Crippen LogP contribution in [-0.4, -0.2) is 56.8 Å². The molecule has 0 bridgehead atoms. The second-order valence-corrected chi connectivity index (χ2v) is 7.30. The monoisotopic (exact) mass is 414 g/mol. The molecule has 10 heteroatoms. The summed E-state index contributed by atoms with van der Waals surface area (Å²) in [6.07, 6.45) is 1.21. The number of benzene rings is 1. The number of aliphatic carboxylic acids is 1. The molecule has 1 unspecified atom stereocenters. The Morgan fingerprint density at radius 3 is 2.63 bits per heavy atom. The predicted octanol–water partition coefficient (Wildman–Crippen LogP) is 0.244. The summed E-state index contributed by atoms with van der Waals surface area (Å²) in [5.41, 5.74) is 2.46. The maximum atomic E-state index is 12.3. The highest BCUT2D eigenvalue weighted by atomic mass is 16.4. The molecule has 2 aliphatic rings. The van der Waals surface area contributed by atoms with E-state index in [0.29, 0.717) is 38.0 Å². The Balaban J connectivity index is 1.83. The summed E-state index contributed by atoms with van der Waals surface area (Å²) >= 11 is 0. The van der Waals surface area contributed by atoms with Crippen molar-refractivity contribution in [1.82, 2.24) is 30.2 Å². The van der Waals surface area contributed by atoms with Crippen LogP contribution in [0.1, 0.15) is 24.0 Å². The Bertz CT molecular complexity index is 1150. The fraction of sp³-hybridized carbons (Fsp3) is 0.450. The number of aromatic amines is 1. The van der Waals surface area contributed by atoms with Crippen molar-refractivity contribution in [2.45, 2.75) is 39.3 Å². The summed E-state index contributed by atoms with van der Waals surface area (Å²) in [6.45, 7) is 5.65. The molecule has 0 saturated carbocycles. The molecule has 1 aromatic rings. The van der Waals surface area contributed by atoms with Crippen molar-refractivity contribution >= 4 is 17.0 Å². The van der Waals surface area contributed by atoms with Gasteiger partial charge in [-0.2, -0.15) is 4.98 Å². The van der Waals surface area contributed by atoms with Crippen LogP contribution in [0.4, 0.5) is 0 Å². The number of rotatable bonds is 9. The largest absolute Gasteiger partial charge is 0.480 e. The van der Waals surface area contributed by atoms with Crippen LogP contribution < -0.4 is 21.9 Å². The van der Waals surface area contributed by atoms with Crippen molar-refractivity contribution in [3.05, 3.63) is 44.1 Å². The summed E-state index contributed by atoms with van der Waals surface area (Å²) < 4.78 is 1.83. The molecule has 30 heavy (non-hydrogen) atoms. The van der Waals surface area contributed by atoms with E-state index in [2.05, 4.69) is 25.6 Å². The number of nitrogens with one attached hydrogen (secondary N) is 3. The highest BCUT2D eigenvalue weighted by molar-refractivity contribution is 5.81. The van der Waals surface area contributed by atoms with Crippen LogP contribution in [0.3, 0.4) is 0 Å². The van der Waals surface area contributed by atoms with Crippen molar-refractivity contribution in [2.75, 3.05) is 20.1 Å². The third kappa shape index (κ3) is 4.55. The van der Waals surface area contributed by atoms with Gasteiger partial charge in [0, 0.05) is 13.1 Å². The van der Waals surface area contributed by atoms with Crippen LogP contribution >= 0.6 is 0 Å². The number of aryl methyl sites for hydroxylation is 2. The molecule has 0 spiro atoms. The molecule has 2 aliphatic heterocycles. The van der Waals surface area contributed by atoms with E-state index >= 15 is 0 Å². The van der Waals surface area contributed by atoms with Gasteiger partial charge >= 0.3 is 11.7 Å². The summed E-state index contributed by atoms with van der Waals surface area (Å²) in [5, 5.41) is 15.1. The van der Waals surface area contributed by atoms with Crippen LogP contribution in [-0.2, 0) is 11.3 Å². The first-order chi connectivity index (χ1) is 14.3. The minimum Gasteiger partial charge on any atom is -0.480 e. The van der Waals surface area contributed by atoms with Crippen molar-refractivity contribution in [3.8, 4) is 11.5 Å². The molecule has 1 aromatic carbocycles. The lowest BCUT2D eigenvalue weighted by molar-refractivity contribution is -0.139. The molecule has 0 aliphatic carbocycles. The third-order valence-electron chi connectivity index (χ3n) is 5.23. The lowest BCUT2D eigenvalue weighted by atomic mass is 10.1. The number of aromatic nitrogens is 4. The minimum absolute atomic E-state index is 0.128. The lowest BCUT2D eigenvalue weighted by Crippen LogP contribution is -2.34. The van der Waals surface area contributed by atoms with E-state index in [1.165, 1.54) is 0 Å². The van der Waals surface area contributed by atoms with Crippen LogP contribution in [0.15, 0.2) is 21.7 Å². The number of likely N-dealkylation sites (N-methyl/N-ethyl adjacent to an activating group) is 1. The fourth-order valence-electron chi connectivity index (χ4n) is 3.41. The number of carboxylic acid groups (broad SMARTS) is 1. The SMILES string of the molecule is CNC(CCCNCCn1c2nc(=O)[nH]c(=O)c-2nc2cc(C)c(C)cc21)C(=O)O. The first kappa shape index (κ1) is 21.6. The smallest absolute Gasteiger partial charge is 0.349 e. The molecular formula is C20H26N6O4. The molecule has 0 radical (unpaired) electrons. The van der Waals surface area contributed by atoms with Gasteiger partial charge in [-0.15, -0.1) is 0 Å². The van der Waals surface area contributed by atoms with Gasteiger partial charge in [0.2, 0.25) is 0 Å². The average molecular weight is 414 g/mol. The molecule has 3 rings (SSSR count). The zero-order valence-corrected chi connectivity index (χ0v) is 17.3. The van der Waals surface area contributed by atoms with Crippen molar-refractivity contribution < 1.29 is 9.90 Å². The molecule has 4 N–H and O–H groups in total. The summed E-state index contributed by atoms with van der Waals surface area (Å²) in [5.74, 6) is -0.611. The van der Waals surface area contributed by atoms with Gasteiger partial charge in [0.1, 0.15) is 6.04 Å². The standard InChI is InChI=1S/C20H26N6O4/c1-11-9-14-15(10-12(11)2)26(17-16(23-14)18(27)25-20(30)24-17)8-7-22-6-4-5-13(21-3)19(28)29/h9-10,13,21-22H,4-8H2,1-3H3,(H,28,29)(H,25,27,30). The second kappa shape index (κ2) is 9.14. The van der Waals surface area contributed by atoms with E-state index in [1.54, 1.807) is 7.05 Å². The van der Waals surface area contributed by atoms with Crippen LogP contribution in [0.2, 0.25) is 0 Å². The van der Waals surface area contributed by atoms with Crippen molar-refractivity contribution in [2.24, 2.45) is 0 Å². The van der Waals surface area contributed by atoms with Gasteiger partial charge in [0.25, 0.3) is 5.56 Å². The zero-order chi connectivity index (χ0) is 21.8. The van der Waals surface area contributed by atoms with Gasteiger partial charge < -0.3 is 20.3 Å². The number of carboxylic acids is 1. The first-order valence-corrected chi connectivity index (χ1v) is 9.84. The molecule has 0 amide bonds. The van der Waals surface area contributed by atoms with E-state index in [9.17, 15) is 14.4 Å². The number of hydrogen-bond acceptors (Lipinski definition) is 7. The zero-order valence-electron chi connectivity index (χ0n) is 17.3. The van der Waals surface area contributed by atoms with E-state index in [-0.39, 0.29) is 11.5 Å². The van der Waals surface area contributed by atoms with E-state index in [0.717, 1.165) is 16.6 Å². The topological polar surface area (TPSA) is 142 Å². The molecule has 10 nitrogen and oxygen atoms in total. The highest BCUT2D eigenvalue weighted by Crippen LogP contribution is 2.23. The maximum Gasteiger partial charge on any atom is 0.349 e. The molecule has 0 saturated heterocycles. The van der Waals surface area contributed by atoms with Gasteiger partial charge in [0.15, 0.2) is 11.5 Å². The Labute approximate surface area is 172 Å². The van der Waals surface area contributed by atoms with Crippen molar-refractivity contribution in [1.29, 1.82) is 0 Å². The summed E-state index contributed by atoms with van der Waals surface area (Å²) in [7, 11) is 1.63. The normalized spacial score (nSPS) is 12.5. The number of carbonyl (C=O) groups is 1. The highest BCUT2D eigenvalue weighted by Gasteiger charge is 2.19. The van der Waals surface area contributed by atoms with Gasteiger partial charge in [-0.3, -0.25) is 14.6 Å². The number of nitrogens with zero attached hydrogens (tertiary/aromatic N) is 3. The number of H-pyrrole nitrogens is 1. The molecule has 0 fully saturated rings. The molecule has 0 aromatic heterocycles. The Morgan fingerprint density at radius 2 is 1.93 bits per heavy atom. The number of fused-ring (bicyclic) bond motifs is 2. The lowest BCUT2D eigenvalue weighted by Gasteiger charge is -2.18. The van der Waals surface area contributed by atoms with Crippen LogP contribution in [0.25, 0.3) is 22.6 Å². The van der Waals surface area contributed by atoms with Gasteiger partial charge in [-0.25, -0.2) is 9.78 Å². The Hall–Kier alpha value is -3.11. The minimum atomic E-state index is -0.863. The molecule has 160 valence electrons. The van der Waals surface area contributed by atoms with Crippen molar-refractivity contribution in [3.63, 3.8) is 0 Å². The van der Waals surface area contributed by atoms with E-state index < -0.39 is 23.3 Å². The molecule has 1 atom stereocenters. The Kier molecular flexibility index (Phi) is 6.58. The van der Waals surface area contributed by atoms with Gasteiger partial charge in [0.05, 0.1) is 11.0 Å². The quantitative estimate of drug-likeness (QED) is 0.288. The summed E-state index contributed by atoms with van der Waals surface area (Å²) in [4.78, 5) is 45.7.